The number of piperazine rings is 1. The molecule has 0 unspecified atom stereocenters. The van der Waals surface area contributed by atoms with Gasteiger partial charge in [-0.2, -0.15) is 0 Å². The van der Waals surface area contributed by atoms with Crippen molar-refractivity contribution < 1.29 is 14.4 Å². The third-order valence-electron chi connectivity index (χ3n) is 4.57. The average Bonchev–Trinajstić information content (AvgIpc) is 3.07. The Kier molecular flexibility index (Phi) is 6.07. The smallest absolute Gasteiger partial charge is 0.317 e. The van der Waals surface area contributed by atoms with Crippen molar-refractivity contribution in [2.45, 2.75) is 40.0 Å². The van der Waals surface area contributed by atoms with Gasteiger partial charge < -0.3 is 20.0 Å². The zero-order chi connectivity index (χ0) is 17.7. The van der Waals surface area contributed by atoms with Gasteiger partial charge in [0.15, 0.2) is 0 Å². The maximum atomic E-state index is 12.2. The van der Waals surface area contributed by atoms with E-state index in [2.05, 4.69) is 5.32 Å². The molecule has 7 nitrogen and oxygen atoms in total. The van der Waals surface area contributed by atoms with Crippen LogP contribution in [0.4, 0.5) is 4.79 Å². The van der Waals surface area contributed by atoms with Gasteiger partial charge in [0.05, 0.1) is 0 Å². The first-order chi connectivity index (χ1) is 11.3. The molecular formula is C17H30N4O3. The van der Waals surface area contributed by atoms with Crippen molar-refractivity contribution >= 4 is 17.8 Å². The number of rotatable bonds is 3. The van der Waals surface area contributed by atoms with Crippen LogP contribution < -0.4 is 5.32 Å². The predicted octanol–water partition coefficient (Wildman–Crippen LogP) is 0.899. The summed E-state index contributed by atoms with van der Waals surface area (Å²) in [5.41, 5.74) is -0.389. The molecule has 2 heterocycles. The van der Waals surface area contributed by atoms with E-state index in [0.29, 0.717) is 39.1 Å². The number of urea groups is 1. The van der Waals surface area contributed by atoms with Crippen LogP contribution in [0.5, 0.6) is 0 Å². The summed E-state index contributed by atoms with van der Waals surface area (Å²) in [4.78, 5) is 41.7. The summed E-state index contributed by atoms with van der Waals surface area (Å²) in [5.74, 6) is 0.243. The van der Waals surface area contributed by atoms with Crippen molar-refractivity contribution in [3.8, 4) is 0 Å². The van der Waals surface area contributed by atoms with Crippen LogP contribution in [0.1, 0.15) is 40.0 Å². The number of nitrogens with one attached hydrogen (secondary N) is 1. The quantitative estimate of drug-likeness (QED) is 0.831. The molecule has 2 aliphatic rings. The summed E-state index contributed by atoms with van der Waals surface area (Å²) >= 11 is 0. The van der Waals surface area contributed by atoms with Gasteiger partial charge in [-0.1, -0.05) is 20.8 Å². The van der Waals surface area contributed by atoms with Crippen molar-refractivity contribution in [1.29, 1.82) is 0 Å². The lowest BCUT2D eigenvalue weighted by molar-refractivity contribution is -0.140. The summed E-state index contributed by atoms with van der Waals surface area (Å²) < 4.78 is 0. The summed E-state index contributed by atoms with van der Waals surface area (Å²) in [5, 5.41) is 2.82. The summed E-state index contributed by atoms with van der Waals surface area (Å²) in [7, 11) is 0. The minimum absolute atomic E-state index is 0.119. The van der Waals surface area contributed by atoms with Crippen molar-refractivity contribution in [1.82, 2.24) is 20.0 Å². The van der Waals surface area contributed by atoms with Gasteiger partial charge >= 0.3 is 6.03 Å². The third-order valence-corrected chi connectivity index (χ3v) is 4.57. The number of hydrogen-bond donors (Lipinski definition) is 1. The second kappa shape index (κ2) is 7.85. The number of amides is 4. The van der Waals surface area contributed by atoms with Gasteiger partial charge in [-0.15, -0.1) is 0 Å². The third kappa shape index (κ3) is 4.85. The van der Waals surface area contributed by atoms with E-state index in [9.17, 15) is 14.4 Å². The van der Waals surface area contributed by atoms with Crippen LogP contribution in [0.3, 0.4) is 0 Å². The fourth-order valence-electron chi connectivity index (χ4n) is 3.10. The maximum Gasteiger partial charge on any atom is 0.317 e. The molecule has 0 aromatic carbocycles. The molecule has 7 heteroatoms. The first kappa shape index (κ1) is 18.5. The fourth-order valence-corrected chi connectivity index (χ4v) is 3.10. The topological polar surface area (TPSA) is 73.0 Å². The van der Waals surface area contributed by atoms with E-state index < -0.39 is 0 Å². The van der Waals surface area contributed by atoms with E-state index in [1.807, 2.05) is 30.6 Å². The highest BCUT2D eigenvalue weighted by molar-refractivity contribution is 5.82. The van der Waals surface area contributed by atoms with Crippen LogP contribution >= 0.6 is 0 Å². The highest BCUT2D eigenvalue weighted by atomic mass is 16.2. The summed E-state index contributed by atoms with van der Waals surface area (Å²) in [6.07, 6.45) is 2.51. The number of hydrogen-bond acceptors (Lipinski definition) is 3. The first-order valence-corrected chi connectivity index (χ1v) is 8.89. The van der Waals surface area contributed by atoms with Crippen LogP contribution in [0, 0.1) is 5.41 Å². The lowest BCUT2D eigenvalue weighted by Crippen LogP contribution is -2.55. The molecule has 0 radical (unpaired) electrons. The standard InChI is InChI=1S/C17H30N4O3/c1-17(2,3)15(23)20-10-12-21(13-11-20)16(24)18-7-6-14(22)19-8-4-5-9-19/h4-13H2,1-3H3,(H,18,24). The van der Waals surface area contributed by atoms with E-state index in [4.69, 9.17) is 0 Å². The molecule has 4 amide bonds. The molecular weight excluding hydrogens is 308 g/mol. The van der Waals surface area contributed by atoms with Crippen LogP contribution in [0.2, 0.25) is 0 Å². The van der Waals surface area contributed by atoms with E-state index in [-0.39, 0.29) is 23.3 Å². The molecule has 0 atom stereocenters. The lowest BCUT2D eigenvalue weighted by Gasteiger charge is -2.37. The normalized spacial score (nSPS) is 18.7. The summed E-state index contributed by atoms with van der Waals surface area (Å²) in [6, 6.07) is -0.146. The lowest BCUT2D eigenvalue weighted by atomic mass is 9.94. The Hall–Kier alpha value is -1.79. The molecule has 2 rings (SSSR count). The summed E-state index contributed by atoms with van der Waals surface area (Å²) in [6.45, 7) is 9.99. The Morgan fingerprint density at radius 3 is 1.92 bits per heavy atom. The van der Waals surface area contributed by atoms with Crippen LogP contribution in [0.25, 0.3) is 0 Å². The Bertz CT molecular complexity index is 473. The van der Waals surface area contributed by atoms with E-state index in [0.717, 1.165) is 25.9 Å². The van der Waals surface area contributed by atoms with Crippen LogP contribution in [0.15, 0.2) is 0 Å². The molecule has 0 aromatic heterocycles. The largest absolute Gasteiger partial charge is 0.343 e. The second-order valence-electron chi connectivity index (χ2n) is 7.60. The van der Waals surface area contributed by atoms with Gasteiger partial charge in [-0.3, -0.25) is 9.59 Å². The molecule has 24 heavy (non-hydrogen) atoms. The molecule has 2 aliphatic heterocycles. The maximum absolute atomic E-state index is 12.2. The number of carbonyl (C=O) groups excluding carboxylic acids is 3. The fraction of sp³-hybridized carbons (Fsp3) is 0.824. The number of nitrogens with zero attached hydrogens (tertiary/aromatic N) is 3. The zero-order valence-electron chi connectivity index (χ0n) is 15.1. The monoisotopic (exact) mass is 338 g/mol. The Labute approximate surface area is 144 Å². The number of likely N-dealkylation sites (tertiary alicyclic amines) is 1. The van der Waals surface area contributed by atoms with Gasteiger partial charge in [-0.25, -0.2) is 4.79 Å². The molecule has 1 N–H and O–H groups in total. The molecule has 0 aliphatic carbocycles. The van der Waals surface area contributed by atoms with Gasteiger partial charge in [0.25, 0.3) is 0 Å². The number of carbonyl (C=O) groups is 3. The molecule has 2 saturated heterocycles. The predicted molar refractivity (Wildman–Crippen MR) is 91.4 cm³/mol. The van der Waals surface area contributed by atoms with Gasteiger partial charge in [-0.05, 0) is 12.8 Å². The van der Waals surface area contributed by atoms with Crippen molar-refractivity contribution in [3.05, 3.63) is 0 Å². The Morgan fingerprint density at radius 1 is 0.833 bits per heavy atom. The average molecular weight is 338 g/mol. The highest BCUT2D eigenvalue weighted by Gasteiger charge is 2.30. The molecule has 136 valence electrons. The van der Waals surface area contributed by atoms with E-state index in [1.165, 1.54) is 0 Å². The van der Waals surface area contributed by atoms with Crippen LogP contribution in [-0.4, -0.2) is 78.4 Å². The van der Waals surface area contributed by atoms with Crippen LogP contribution in [-0.2, 0) is 9.59 Å². The zero-order valence-corrected chi connectivity index (χ0v) is 15.1. The molecule has 0 aromatic rings. The van der Waals surface area contributed by atoms with Gasteiger partial charge in [0, 0.05) is 57.6 Å². The molecule has 0 bridgehead atoms. The SMILES string of the molecule is CC(C)(C)C(=O)N1CCN(C(=O)NCCC(=O)N2CCCC2)CC1. The van der Waals surface area contributed by atoms with E-state index in [1.54, 1.807) is 4.90 Å². The first-order valence-electron chi connectivity index (χ1n) is 8.89. The van der Waals surface area contributed by atoms with Crippen molar-refractivity contribution in [2.24, 2.45) is 5.41 Å². The molecule has 0 spiro atoms. The van der Waals surface area contributed by atoms with Crippen molar-refractivity contribution in [3.63, 3.8) is 0 Å². The Morgan fingerprint density at radius 2 is 1.38 bits per heavy atom. The van der Waals surface area contributed by atoms with Gasteiger partial charge in [0.1, 0.15) is 0 Å². The Balaban J connectivity index is 1.67. The molecule has 0 saturated carbocycles. The van der Waals surface area contributed by atoms with E-state index >= 15 is 0 Å². The van der Waals surface area contributed by atoms with Crippen molar-refractivity contribution in [2.75, 3.05) is 45.8 Å². The second-order valence-corrected chi connectivity index (χ2v) is 7.60. The molecule has 2 fully saturated rings. The highest BCUT2D eigenvalue weighted by Crippen LogP contribution is 2.18. The van der Waals surface area contributed by atoms with Gasteiger partial charge in [0.2, 0.25) is 11.8 Å². The minimum atomic E-state index is -0.389. The minimum Gasteiger partial charge on any atom is -0.343 e.